The van der Waals surface area contributed by atoms with Crippen molar-refractivity contribution in [1.82, 2.24) is 5.32 Å². The van der Waals surface area contributed by atoms with Gasteiger partial charge in [0, 0.05) is 11.5 Å². The van der Waals surface area contributed by atoms with Crippen molar-refractivity contribution in [1.29, 1.82) is 0 Å². The third-order valence-corrected chi connectivity index (χ3v) is 5.27. The number of amides is 1. The van der Waals surface area contributed by atoms with E-state index in [1.165, 1.54) is 30.2 Å². The molecule has 3 aromatic rings. The molecular formula is C26H21NO4. The van der Waals surface area contributed by atoms with Gasteiger partial charge >= 0.3 is 6.09 Å². The number of carbonyl (C=O) groups excluding carboxylic acids is 2. The number of aromatic hydroxyl groups is 1. The highest BCUT2D eigenvalue weighted by Gasteiger charge is 2.28. The number of nitrogens with one attached hydrogen (secondary N) is 1. The molecule has 0 fully saturated rings. The maximum atomic E-state index is 12.1. The first-order valence-electron chi connectivity index (χ1n) is 9.96. The standard InChI is InChI=1S/C26H21NO4/c1-17(28)23-15-18(12-13-25(23)29)7-6-14-27-26(30)31-16-24-21-10-4-2-8-19(21)20-9-3-5-11-22(20)24/h2-5,8-13,15,24,29H,14,16H2,1H3,(H,27,30). The third-order valence-electron chi connectivity index (χ3n) is 5.27. The van der Waals surface area contributed by atoms with Crippen LogP contribution >= 0.6 is 0 Å². The van der Waals surface area contributed by atoms with Gasteiger partial charge in [0.05, 0.1) is 12.1 Å². The van der Waals surface area contributed by atoms with Gasteiger partial charge in [-0.3, -0.25) is 4.79 Å². The Hall–Kier alpha value is -4.04. The fourth-order valence-electron chi connectivity index (χ4n) is 3.81. The summed E-state index contributed by atoms with van der Waals surface area (Å²) in [4.78, 5) is 23.6. The Labute approximate surface area is 180 Å². The molecule has 1 aliphatic carbocycles. The monoisotopic (exact) mass is 411 g/mol. The van der Waals surface area contributed by atoms with Crippen molar-refractivity contribution in [2.45, 2.75) is 12.8 Å². The predicted octanol–water partition coefficient (Wildman–Crippen LogP) is 4.49. The minimum atomic E-state index is -0.536. The molecule has 0 spiro atoms. The van der Waals surface area contributed by atoms with Gasteiger partial charge in [-0.25, -0.2) is 4.79 Å². The first-order chi connectivity index (χ1) is 15.0. The Morgan fingerprint density at radius 3 is 2.29 bits per heavy atom. The number of carbonyl (C=O) groups is 2. The van der Waals surface area contributed by atoms with Crippen LogP contribution in [0.1, 0.15) is 39.9 Å². The Bertz CT molecular complexity index is 1170. The van der Waals surface area contributed by atoms with E-state index < -0.39 is 6.09 Å². The minimum Gasteiger partial charge on any atom is -0.507 e. The number of hydrogen-bond donors (Lipinski definition) is 2. The Balaban J connectivity index is 1.35. The average Bonchev–Trinajstić information content (AvgIpc) is 3.10. The Morgan fingerprint density at radius 2 is 1.65 bits per heavy atom. The second kappa shape index (κ2) is 8.76. The van der Waals surface area contributed by atoms with Gasteiger partial charge in [0.25, 0.3) is 0 Å². The number of ketones is 1. The summed E-state index contributed by atoms with van der Waals surface area (Å²) in [5, 5.41) is 12.3. The molecular weight excluding hydrogens is 390 g/mol. The normalized spacial score (nSPS) is 11.6. The minimum absolute atomic E-state index is 0.00577. The molecule has 2 N–H and O–H groups in total. The zero-order chi connectivity index (χ0) is 21.8. The van der Waals surface area contributed by atoms with Gasteiger partial charge in [-0.1, -0.05) is 60.4 Å². The van der Waals surface area contributed by atoms with Crippen molar-refractivity contribution in [3.05, 3.63) is 89.0 Å². The largest absolute Gasteiger partial charge is 0.507 e. The highest BCUT2D eigenvalue weighted by Crippen LogP contribution is 2.44. The Kier molecular flexibility index (Phi) is 5.72. The lowest BCUT2D eigenvalue weighted by Crippen LogP contribution is -2.26. The first kappa shape index (κ1) is 20.2. The lowest BCUT2D eigenvalue weighted by Gasteiger charge is -2.14. The van der Waals surface area contributed by atoms with Crippen molar-refractivity contribution in [3.63, 3.8) is 0 Å². The van der Waals surface area contributed by atoms with E-state index in [1.54, 1.807) is 6.07 Å². The van der Waals surface area contributed by atoms with E-state index in [-0.39, 0.29) is 36.2 Å². The summed E-state index contributed by atoms with van der Waals surface area (Å²) in [6.07, 6.45) is -0.536. The predicted molar refractivity (Wildman–Crippen MR) is 118 cm³/mol. The molecule has 0 unspecified atom stereocenters. The fourth-order valence-corrected chi connectivity index (χ4v) is 3.81. The van der Waals surface area contributed by atoms with Gasteiger partial charge in [-0.05, 0) is 47.4 Å². The number of fused-ring (bicyclic) bond motifs is 3. The lowest BCUT2D eigenvalue weighted by molar-refractivity contribution is 0.101. The van der Waals surface area contributed by atoms with E-state index in [0.717, 1.165) is 11.1 Å². The van der Waals surface area contributed by atoms with E-state index in [1.807, 2.05) is 24.3 Å². The molecule has 0 radical (unpaired) electrons. The van der Waals surface area contributed by atoms with Gasteiger partial charge < -0.3 is 15.2 Å². The molecule has 5 nitrogen and oxygen atoms in total. The van der Waals surface area contributed by atoms with Crippen LogP contribution in [0, 0.1) is 11.8 Å². The molecule has 0 atom stereocenters. The van der Waals surface area contributed by atoms with Crippen molar-refractivity contribution in [2.24, 2.45) is 0 Å². The quantitative estimate of drug-likeness (QED) is 0.490. The lowest BCUT2D eigenvalue weighted by atomic mass is 9.98. The van der Waals surface area contributed by atoms with Crippen molar-refractivity contribution >= 4 is 11.9 Å². The summed E-state index contributed by atoms with van der Waals surface area (Å²) >= 11 is 0. The van der Waals surface area contributed by atoms with E-state index in [9.17, 15) is 14.7 Å². The number of ether oxygens (including phenoxy) is 1. The van der Waals surface area contributed by atoms with Crippen LogP contribution in [0.25, 0.3) is 11.1 Å². The molecule has 1 aliphatic rings. The summed E-state index contributed by atoms with van der Waals surface area (Å²) in [6, 6.07) is 20.9. The van der Waals surface area contributed by atoms with E-state index in [4.69, 9.17) is 4.74 Å². The maximum absolute atomic E-state index is 12.1. The zero-order valence-electron chi connectivity index (χ0n) is 17.0. The fraction of sp³-hybridized carbons (Fsp3) is 0.154. The summed E-state index contributed by atoms with van der Waals surface area (Å²) in [6.45, 7) is 1.73. The zero-order valence-corrected chi connectivity index (χ0v) is 17.0. The van der Waals surface area contributed by atoms with E-state index in [2.05, 4.69) is 41.4 Å². The molecule has 0 aromatic heterocycles. The van der Waals surface area contributed by atoms with Crippen LogP contribution in [-0.4, -0.2) is 30.1 Å². The Morgan fingerprint density at radius 1 is 1.00 bits per heavy atom. The molecule has 31 heavy (non-hydrogen) atoms. The number of alkyl carbamates (subject to hydrolysis) is 1. The SMILES string of the molecule is CC(=O)c1cc(C#CCNC(=O)OCC2c3ccccc3-c3ccccc32)ccc1O. The number of phenols is 1. The maximum Gasteiger partial charge on any atom is 0.407 e. The van der Waals surface area contributed by atoms with Crippen molar-refractivity contribution in [3.8, 4) is 28.7 Å². The van der Waals surface area contributed by atoms with E-state index in [0.29, 0.717) is 5.56 Å². The molecule has 5 heteroatoms. The molecule has 0 saturated carbocycles. The highest BCUT2D eigenvalue weighted by molar-refractivity contribution is 5.97. The van der Waals surface area contributed by atoms with Crippen LogP contribution in [0.4, 0.5) is 4.79 Å². The molecule has 0 saturated heterocycles. The van der Waals surface area contributed by atoms with E-state index >= 15 is 0 Å². The van der Waals surface area contributed by atoms with Gasteiger partial charge in [-0.2, -0.15) is 0 Å². The van der Waals surface area contributed by atoms with Crippen molar-refractivity contribution < 1.29 is 19.4 Å². The summed E-state index contributed by atoms with van der Waals surface area (Å²) < 4.78 is 5.46. The van der Waals surface area contributed by atoms with Crippen LogP contribution < -0.4 is 5.32 Å². The number of phenolic OH excluding ortho intramolecular Hbond substituents is 1. The number of benzene rings is 3. The van der Waals surface area contributed by atoms with Gasteiger partial charge in [-0.15, -0.1) is 0 Å². The molecule has 0 bridgehead atoms. The molecule has 0 aliphatic heterocycles. The third kappa shape index (κ3) is 4.29. The van der Waals surface area contributed by atoms with Crippen LogP contribution in [0.2, 0.25) is 0 Å². The highest BCUT2D eigenvalue weighted by atomic mass is 16.5. The van der Waals surface area contributed by atoms with Gasteiger partial charge in [0.15, 0.2) is 5.78 Å². The second-order valence-corrected chi connectivity index (χ2v) is 7.27. The summed E-state index contributed by atoms with van der Waals surface area (Å²) in [5.74, 6) is 5.38. The van der Waals surface area contributed by atoms with Crippen LogP contribution in [0.15, 0.2) is 66.7 Å². The van der Waals surface area contributed by atoms with Gasteiger partial charge in [0.2, 0.25) is 0 Å². The smallest absolute Gasteiger partial charge is 0.407 e. The molecule has 154 valence electrons. The van der Waals surface area contributed by atoms with Crippen LogP contribution in [0.5, 0.6) is 5.75 Å². The average molecular weight is 411 g/mol. The topological polar surface area (TPSA) is 75.6 Å². The molecule has 3 aromatic carbocycles. The number of rotatable bonds is 4. The number of Topliss-reactive ketones (excluding diaryl/α,β-unsaturated/α-hetero) is 1. The van der Waals surface area contributed by atoms with Crippen LogP contribution in [-0.2, 0) is 4.74 Å². The number of hydrogen-bond acceptors (Lipinski definition) is 4. The molecule has 4 rings (SSSR count). The molecule has 0 heterocycles. The summed E-state index contributed by atoms with van der Waals surface area (Å²) in [7, 11) is 0. The van der Waals surface area contributed by atoms with Crippen molar-refractivity contribution in [2.75, 3.05) is 13.2 Å². The first-order valence-corrected chi connectivity index (χ1v) is 9.96. The van der Waals surface area contributed by atoms with Gasteiger partial charge in [0.1, 0.15) is 12.4 Å². The van der Waals surface area contributed by atoms with Crippen LogP contribution in [0.3, 0.4) is 0 Å². The second-order valence-electron chi connectivity index (χ2n) is 7.27. The summed E-state index contributed by atoms with van der Waals surface area (Å²) in [5.41, 5.74) is 5.47. The molecule has 1 amide bonds.